The maximum absolute atomic E-state index is 9.77. The third kappa shape index (κ3) is 9.39. The molecule has 0 amide bonds. The monoisotopic (exact) mass is 359 g/mol. The minimum Gasteiger partial charge on any atom is -0.479 e. The Kier molecular flexibility index (Phi) is 10.0. The fourth-order valence-corrected chi connectivity index (χ4v) is 1.59. The number of hydrogen-bond donors (Lipinski definition) is 5. The van der Waals surface area contributed by atoms with Crippen molar-refractivity contribution in [3.8, 4) is 0 Å². The number of nitrogens with zero attached hydrogens (tertiary/aromatic N) is 4. The number of nitrogens with two attached hydrogens (primary N) is 1. The molecule has 1 aromatic rings. The lowest BCUT2D eigenvalue weighted by atomic mass is 10.2. The van der Waals surface area contributed by atoms with E-state index in [1.165, 1.54) is 0 Å². The van der Waals surface area contributed by atoms with E-state index in [4.69, 9.17) is 26.2 Å². The number of aliphatic hydroxyl groups is 2. The number of rotatable bonds is 8. The molecule has 0 aliphatic heterocycles. The Balaban J connectivity index is 0.000000504. The molecule has 6 N–H and O–H groups in total. The molecular formula is C14H25N5O6. The molecule has 0 bridgehead atoms. The number of nitrogen functional groups attached to an aromatic ring is 1. The number of hydrogen-bond acceptors (Lipinski definition) is 9. The van der Waals surface area contributed by atoms with Crippen molar-refractivity contribution in [3.63, 3.8) is 0 Å². The summed E-state index contributed by atoms with van der Waals surface area (Å²) in [5.41, 5.74) is 5.52. The zero-order valence-electron chi connectivity index (χ0n) is 14.4. The van der Waals surface area contributed by atoms with E-state index in [0.29, 0.717) is 5.95 Å². The fraction of sp³-hybridized carbons (Fsp3) is 0.571. The van der Waals surface area contributed by atoms with Crippen molar-refractivity contribution in [3.05, 3.63) is 12.3 Å². The summed E-state index contributed by atoms with van der Waals surface area (Å²) in [7, 11) is 6.16. The first-order chi connectivity index (χ1) is 11.6. The summed E-state index contributed by atoms with van der Waals surface area (Å²) in [5.74, 6) is -2.34. The molecule has 1 heterocycles. The fourth-order valence-electron chi connectivity index (χ4n) is 1.59. The highest BCUT2D eigenvalue weighted by Gasteiger charge is 2.29. The average molecular weight is 359 g/mol. The van der Waals surface area contributed by atoms with Crippen LogP contribution in [0, 0.1) is 0 Å². The van der Waals surface area contributed by atoms with Crippen LogP contribution in [-0.4, -0.2) is 93.7 Å². The van der Waals surface area contributed by atoms with Gasteiger partial charge in [0.2, 0.25) is 5.95 Å². The summed E-state index contributed by atoms with van der Waals surface area (Å²) in [5, 5.41) is 32.5. The molecule has 0 spiro atoms. The Hall–Kier alpha value is -2.50. The lowest BCUT2D eigenvalue weighted by Crippen LogP contribution is -2.39. The Bertz CT molecular complexity index is 538. The van der Waals surface area contributed by atoms with Gasteiger partial charge in [0.15, 0.2) is 12.2 Å². The molecule has 142 valence electrons. The molecule has 0 aliphatic carbocycles. The van der Waals surface area contributed by atoms with E-state index in [1.807, 2.05) is 13.1 Å². The Morgan fingerprint density at radius 3 is 2.04 bits per heavy atom. The van der Waals surface area contributed by atoms with Crippen LogP contribution in [0.5, 0.6) is 0 Å². The van der Waals surface area contributed by atoms with Gasteiger partial charge >= 0.3 is 11.9 Å². The first-order valence-electron chi connectivity index (χ1n) is 7.32. The second kappa shape index (κ2) is 11.1. The van der Waals surface area contributed by atoms with Crippen LogP contribution >= 0.6 is 0 Å². The Morgan fingerprint density at radius 1 is 1.12 bits per heavy atom. The summed E-state index contributed by atoms with van der Waals surface area (Å²) in [4.78, 5) is 31.8. The highest BCUT2D eigenvalue weighted by atomic mass is 16.4. The van der Waals surface area contributed by atoms with Crippen molar-refractivity contribution >= 4 is 23.7 Å². The highest BCUT2D eigenvalue weighted by Crippen LogP contribution is 2.08. The lowest BCUT2D eigenvalue weighted by Gasteiger charge is -2.19. The molecule has 11 nitrogen and oxygen atoms in total. The average Bonchev–Trinajstić information content (AvgIpc) is 2.53. The number of aliphatic carboxylic acids is 2. The first kappa shape index (κ1) is 22.5. The van der Waals surface area contributed by atoms with Crippen LogP contribution in [0.15, 0.2) is 12.3 Å². The van der Waals surface area contributed by atoms with Crippen LogP contribution < -0.4 is 10.6 Å². The number of carboxylic acids is 2. The van der Waals surface area contributed by atoms with E-state index >= 15 is 0 Å². The van der Waals surface area contributed by atoms with Gasteiger partial charge in [-0.25, -0.2) is 14.6 Å². The lowest BCUT2D eigenvalue weighted by molar-refractivity contribution is -0.165. The number of carboxylic acid groups (broad SMARTS) is 2. The van der Waals surface area contributed by atoms with Gasteiger partial charge in [-0.15, -0.1) is 0 Å². The number of carbonyl (C=O) groups is 2. The second-order valence-electron chi connectivity index (χ2n) is 5.42. The summed E-state index contributed by atoms with van der Waals surface area (Å²) in [6, 6.07) is 1.87. The third-order valence-corrected chi connectivity index (χ3v) is 2.95. The topological polar surface area (TPSA) is 173 Å². The Labute approximate surface area is 145 Å². The maximum atomic E-state index is 9.77. The van der Waals surface area contributed by atoms with Gasteiger partial charge in [0.05, 0.1) is 0 Å². The molecule has 1 rings (SSSR count). The minimum atomic E-state index is -2.27. The first-order valence-corrected chi connectivity index (χ1v) is 7.32. The van der Waals surface area contributed by atoms with Crippen LogP contribution in [-0.2, 0) is 9.59 Å². The molecule has 1 aromatic heterocycles. The standard InChI is InChI=1S/C10H19N5.C4H6O6/c1-14(2)7-4-8-15(3)9-5-6-12-10(11)13-9;5-1(3(7)8)2(6)4(9)10/h5-6H,4,7-8H2,1-3H3,(H2,11,12,13);1-2,5-6H,(H,7,8)(H,9,10)/t;1-,2-/m.1/s1. The molecule has 25 heavy (non-hydrogen) atoms. The van der Waals surface area contributed by atoms with Gasteiger partial charge in [-0.1, -0.05) is 0 Å². The number of aliphatic hydroxyl groups excluding tert-OH is 2. The van der Waals surface area contributed by atoms with Crippen LogP contribution in [0.3, 0.4) is 0 Å². The van der Waals surface area contributed by atoms with Crippen molar-refractivity contribution in [1.82, 2.24) is 14.9 Å². The van der Waals surface area contributed by atoms with Crippen molar-refractivity contribution in [2.24, 2.45) is 0 Å². The quantitative estimate of drug-likeness (QED) is 0.359. The van der Waals surface area contributed by atoms with Gasteiger partial charge < -0.3 is 36.0 Å². The van der Waals surface area contributed by atoms with Crippen molar-refractivity contribution in [2.45, 2.75) is 18.6 Å². The minimum absolute atomic E-state index is 0.326. The molecule has 0 unspecified atom stereocenters. The molecule has 2 atom stereocenters. The van der Waals surface area contributed by atoms with E-state index in [1.54, 1.807) is 6.20 Å². The molecule has 0 saturated carbocycles. The Morgan fingerprint density at radius 2 is 1.64 bits per heavy atom. The van der Waals surface area contributed by atoms with Gasteiger partial charge in [-0.2, -0.15) is 4.98 Å². The van der Waals surface area contributed by atoms with Crippen LogP contribution in [0.2, 0.25) is 0 Å². The zero-order chi connectivity index (χ0) is 19.6. The van der Waals surface area contributed by atoms with E-state index in [0.717, 1.165) is 25.3 Å². The summed E-state index contributed by atoms with van der Waals surface area (Å²) in [6.45, 7) is 2.04. The van der Waals surface area contributed by atoms with Crippen LogP contribution in [0.4, 0.5) is 11.8 Å². The van der Waals surface area contributed by atoms with Crippen molar-refractivity contribution in [2.75, 3.05) is 44.9 Å². The zero-order valence-corrected chi connectivity index (χ0v) is 14.4. The van der Waals surface area contributed by atoms with Gasteiger partial charge in [0, 0.05) is 19.8 Å². The normalized spacial score (nSPS) is 12.7. The predicted octanol–water partition coefficient (Wildman–Crippen LogP) is -1.68. The molecule has 0 aromatic carbocycles. The van der Waals surface area contributed by atoms with Crippen LogP contribution in [0.1, 0.15) is 6.42 Å². The summed E-state index contributed by atoms with van der Waals surface area (Å²) < 4.78 is 0. The maximum Gasteiger partial charge on any atom is 0.335 e. The van der Waals surface area contributed by atoms with Gasteiger partial charge in [-0.05, 0) is 33.1 Å². The smallest absolute Gasteiger partial charge is 0.335 e. The van der Waals surface area contributed by atoms with Crippen molar-refractivity contribution < 1.29 is 30.0 Å². The van der Waals surface area contributed by atoms with E-state index in [2.05, 4.69) is 33.9 Å². The van der Waals surface area contributed by atoms with Gasteiger partial charge in [-0.3, -0.25) is 0 Å². The molecule has 0 radical (unpaired) electrons. The summed E-state index contributed by atoms with van der Waals surface area (Å²) >= 11 is 0. The molecule has 0 saturated heterocycles. The predicted molar refractivity (Wildman–Crippen MR) is 90.2 cm³/mol. The van der Waals surface area contributed by atoms with E-state index in [9.17, 15) is 9.59 Å². The van der Waals surface area contributed by atoms with Crippen molar-refractivity contribution in [1.29, 1.82) is 0 Å². The third-order valence-electron chi connectivity index (χ3n) is 2.95. The molecular weight excluding hydrogens is 334 g/mol. The molecule has 0 aliphatic rings. The number of anilines is 2. The van der Waals surface area contributed by atoms with Gasteiger partial charge in [0.1, 0.15) is 5.82 Å². The molecule has 0 fully saturated rings. The summed E-state index contributed by atoms with van der Waals surface area (Å²) in [6.07, 6.45) is -1.75. The number of aromatic nitrogens is 2. The highest BCUT2D eigenvalue weighted by molar-refractivity contribution is 5.83. The second-order valence-corrected chi connectivity index (χ2v) is 5.42. The molecule has 11 heteroatoms. The largest absolute Gasteiger partial charge is 0.479 e. The van der Waals surface area contributed by atoms with Crippen LogP contribution in [0.25, 0.3) is 0 Å². The van der Waals surface area contributed by atoms with E-state index < -0.39 is 24.1 Å². The SMILES string of the molecule is CN(C)CCCN(C)c1ccnc(N)n1.O=C(O)[C@H](O)[C@@H](O)C(=O)O. The van der Waals surface area contributed by atoms with Gasteiger partial charge in [0.25, 0.3) is 0 Å². The van der Waals surface area contributed by atoms with E-state index in [-0.39, 0.29) is 0 Å².